The first-order chi connectivity index (χ1) is 11.1. The lowest BCUT2D eigenvalue weighted by atomic mass is 10.0. The van der Waals surface area contributed by atoms with Crippen molar-refractivity contribution >= 4 is 40.7 Å². The summed E-state index contributed by atoms with van der Waals surface area (Å²) in [7, 11) is 0. The minimum Gasteiger partial charge on any atom is -0.297 e. The number of benzene rings is 2. The molecular formula is C18H17Cl2NOS. The van der Waals surface area contributed by atoms with Gasteiger partial charge in [-0.3, -0.25) is 9.69 Å². The van der Waals surface area contributed by atoms with Gasteiger partial charge in [0.15, 0.2) is 5.78 Å². The number of rotatable bonds is 4. The molecule has 2 aromatic carbocycles. The summed E-state index contributed by atoms with van der Waals surface area (Å²) in [5.74, 6) is 2.34. The molecule has 0 aromatic heterocycles. The molecule has 5 heteroatoms. The second-order valence-corrected chi connectivity index (χ2v) is 7.59. The number of hydrogen-bond acceptors (Lipinski definition) is 3. The first-order valence-electron chi connectivity index (χ1n) is 7.52. The largest absolute Gasteiger partial charge is 0.297 e. The van der Waals surface area contributed by atoms with E-state index in [0.29, 0.717) is 21.2 Å². The van der Waals surface area contributed by atoms with Gasteiger partial charge in [0.05, 0.1) is 10.0 Å². The molecular weight excluding hydrogens is 349 g/mol. The van der Waals surface area contributed by atoms with Gasteiger partial charge in [-0.25, -0.2) is 0 Å². The Hall–Kier alpha value is -1.000. The second-order valence-electron chi connectivity index (χ2n) is 5.55. The highest BCUT2D eigenvalue weighted by Gasteiger charge is 2.14. The van der Waals surface area contributed by atoms with Crippen LogP contribution < -0.4 is 0 Å². The second kappa shape index (κ2) is 7.71. The van der Waals surface area contributed by atoms with Crippen LogP contribution in [0.3, 0.4) is 0 Å². The molecule has 23 heavy (non-hydrogen) atoms. The Kier molecular flexibility index (Phi) is 5.65. The van der Waals surface area contributed by atoms with Gasteiger partial charge in [-0.05, 0) is 29.8 Å². The van der Waals surface area contributed by atoms with Crippen molar-refractivity contribution in [2.45, 2.75) is 6.54 Å². The molecule has 0 unspecified atom stereocenters. The van der Waals surface area contributed by atoms with E-state index in [1.54, 1.807) is 18.2 Å². The number of halogens is 2. The lowest BCUT2D eigenvalue weighted by molar-refractivity contribution is 0.103. The van der Waals surface area contributed by atoms with E-state index >= 15 is 0 Å². The van der Waals surface area contributed by atoms with Crippen LogP contribution in [0.25, 0.3) is 0 Å². The molecule has 2 nitrogen and oxygen atoms in total. The molecule has 0 atom stereocenters. The first-order valence-corrected chi connectivity index (χ1v) is 9.43. The van der Waals surface area contributed by atoms with Crippen molar-refractivity contribution in [1.82, 2.24) is 4.90 Å². The van der Waals surface area contributed by atoms with Crippen LogP contribution in [0.1, 0.15) is 21.5 Å². The van der Waals surface area contributed by atoms with Crippen molar-refractivity contribution in [3.63, 3.8) is 0 Å². The Labute approximate surface area is 150 Å². The summed E-state index contributed by atoms with van der Waals surface area (Å²) in [4.78, 5) is 15.1. The van der Waals surface area contributed by atoms with Crippen molar-refractivity contribution in [2.24, 2.45) is 0 Å². The Morgan fingerprint density at radius 2 is 1.74 bits per heavy atom. The molecule has 120 valence electrons. The van der Waals surface area contributed by atoms with Gasteiger partial charge in [0.1, 0.15) is 0 Å². The van der Waals surface area contributed by atoms with Crippen LogP contribution in [-0.4, -0.2) is 35.3 Å². The minimum atomic E-state index is -0.0281. The fraction of sp³-hybridized carbons (Fsp3) is 0.278. The van der Waals surface area contributed by atoms with Gasteiger partial charge in [0.2, 0.25) is 0 Å². The van der Waals surface area contributed by atoms with Crippen LogP contribution in [0.2, 0.25) is 10.0 Å². The van der Waals surface area contributed by atoms with E-state index in [1.807, 2.05) is 30.0 Å². The molecule has 0 spiro atoms. The van der Waals surface area contributed by atoms with Crippen LogP contribution >= 0.6 is 35.0 Å². The maximum Gasteiger partial charge on any atom is 0.193 e. The Bertz CT molecular complexity index is 714. The van der Waals surface area contributed by atoms with Crippen molar-refractivity contribution in [2.75, 3.05) is 24.6 Å². The zero-order chi connectivity index (χ0) is 16.2. The summed E-state index contributed by atoms with van der Waals surface area (Å²) in [6, 6.07) is 12.8. The van der Waals surface area contributed by atoms with Gasteiger partial charge in [0, 0.05) is 42.3 Å². The van der Waals surface area contributed by atoms with Gasteiger partial charge in [-0.2, -0.15) is 11.8 Å². The van der Waals surface area contributed by atoms with Gasteiger partial charge in [0.25, 0.3) is 0 Å². The summed E-state index contributed by atoms with van der Waals surface area (Å²) in [5, 5.41) is 0.861. The molecule has 1 aliphatic heterocycles. The van der Waals surface area contributed by atoms with Crippen molar-refractivity contribution in [3.05, 3.63) is 69.2 Å². The highest BCUT2D eigenvalue weighted by atomic mass is 35.5. The molecule has 1 heterocycles. The van der Waals surface area contributed by atoms with E-state index in [2.05, 4.69) is 11.0 Å². The van der Waals surface area contributed by atoms with E-state index in [9.17, 15) is 4.79 Å². The van der Waals surface area contributed by atoms with Crippen molar-refractivity contribution in [3.8, 4) is 0 Å². The zero-order valence-corrected chi connectivity index (χ0v) is 14.9. The molecule has 2 aromatic rings. The third-order valence-electron chi connectivity index (χ3n) is 3.88. The quantitative estimate of drug-likeness (QED) is 0.727. The van der Waals surface area contributed by atoms with Crippen LogP contribution in [0.4, 0.5) is 0 Å². The minimum absolute atomic E-state index is 0.0281. The molecule has 1 fully saturated rings. The zero-order valence-electron chi connectivity index (χ0n) is 12.6. The number of nitrogens with zero attached hydrogens (tertiary/aromatic N) is 1. The predicted octanol–water partition coefficient (Wildman–Crippen LogP) is 4.77. The van der Waals surface area contributed by atoms with Crippen LogP contribution in [0.5, 0.6) is 0 Å². The molecule has 3 rings (SSSR count). The number of thioether (sulfide) groups is 1. The van der Waals surface area contributed by atoms with Gasteiger partial charge in [-0.15, -0.1) is 0 Å². The van der Waals surface area contributed by atoms with E-state index in [1.165, 1.54) is 17.1 Å². The predicted molar refractivity (Wildman–Crippen MR) is 98.9 cm³/mol. The molecule has 0 radical (unpaired) electrons. The summed E-state index contributed by atoms with van der Waals surface area (Å²) in [6.45, 7) is 3.11. The third kappa shape index (κ3) is 4.30. The molecule has 0 bridgehead atoms. The molecule has 1 aliphatic rings. The Morgan fingerprint density at radius 1 is 1.00 bits per heavy atom. The SMILES string of the molecule is O=C(c1cccc(CN2CCSCC2)c1)c1ccc(Cl)c(Cl)c1. The number of carbonyl (C=O) groups is 1. The fourth-order valence-electron chi connectivity index (χ4n) is 2.63. The Morgan fingerprint density at radius 3 is 2.48 bits per heavy atom. The normalized spacial score (nSPS) is 15.6. The number of ketones is 1. The summed E-state index contributed by atoms with van der Waals surface area (Å²) >= 11 is 13.9. The monoisotopic (exact) mass is 365 g/mol. The van der Waals surface area contributed by atoms with Gasteiger partial charge < -0.3 is 0 Å². The molecule has 0 N–H and O–H groups in total. The van der Waals surface area contributed by atoms with E-state index in [-0.39, 0.29) is 5.78 Å². The maximum absolute atomic E-state index is 12.6. The van der Waals surface area contributed by atoms with Crippen molar-refractivity contribution in [1.29, 1.82) is 0 Å². The van der Waals surface area contributed by atoms with Crippen LogP contribution in [-0.2, 0) is 6.54 Å². The Balaban J connectivity index is 1.78. The average molecular weight is 366 g/mol. The maximum atomic E-state index is 12.6. The number of carbonyl (C=O) groups excluding carboxylic acids is 1. The topological polar surface area (TPSA) is 20.3 Å². The highest BCUT2D eigenvalue weighted by molar-refractivity contribution is 7.99. The van der Waals surface area contributed by atoms with Crippen LogP contribution in [0, 0.1) is 0 Å². The number of hydrogen-bond donors (Lipinski definition) is 0. The van der Waals surface area contributed by atoms with E-state index in [4.69, 9.17) is 23.2 Å². The summed E-state index contributed by atoms with van der Waals surface area (Å²) in [5.41, 5.74) is 2.42. The van der Waals surface area contributed by atoms with E-state index < -0.39 is 0 Å². The molecule has 1 saturated heterocycles. The van der Waals surface area contributed by atoms with E-state index in [0.717, 1.165) is 19.6 Å². The van der Waals surface area contributed by atoms with Gasteiger partial charge >= 0.3 is 0 Å². The lowest BCUT2D eigenvalue weighted by Gasteiger charge is -2.26. The summed E-state index contributed by atoms with van der Waals surface area (Å²) < 4.78 is 0. The third-order valence-corrected chi connectivity index (χ3v) is 5.56. The average Bonchev–Trinajstić information content (AvgIpc) is 2.58. The standard InChI is InChI=1S/C18H17Cl2NOS/c19-16-5-4-15(11-17(16)20)18(22)14-3-1-2-13(10-14)12-21-6-8-23-9-7-21/h1-5,10-11H,6-9,12H2. The lowest BCUT2D eigenvalue weighted by Crippen LogP contribution is -2.31. The first kappa shape index (κ1) is 16.8. The van der Waals surface area contributed by atoms with Crippen molar-refractivity contribution < 1.29 is 4.79 Å². The smallest absolute Gasteiger partial charge is 0.193 e. The van der Waals surface area contributed by atoms with Crippen LogP contribution in [0.15, 0.2) is 42.5 Å². The fourth-order valence-corrected chi connectivity index (χ4v) is 3.91. The highest BCUT2D eigenvalue weighted by Crippen LogP contribution is 2.24. The van der Waals surface area contributed by atoms with Gasteiger partial charge in [-0.1, -0.05) is 41.4 Å². The summed E-state index contributed by atoms with van der Waals surface area (Å²) in [6.07, 6.45) is 0. The molecule has 0 aliphatic carbocycles. The molecule has 0 amide bonds. The molecule has 0 saturated carbocycles.